The van der Waals surface area contributed by atoms with Crippen molar-refractivity contribution in [2.24, 2.45) is 5.92 Å². The van der Waals surface area contributed by atoms with Gasteiger partial charge >= 0.3 is 11.9 Å². The Balaban J connectivity index is 4.28. The molecule has 0 aliphatic heterocycles. The van der Waals surface area contributed by atoms with Gasteiger partial charge < -0.3 is 14.2 Å². The lowest BCUT2D eigenvalue weighted by Gasteiger charge is -2.16. The molecule has 0 aromatic heterocycles. The highest BCUT2D eigenvalue weighted by Gasteiger charge is 2.24. The molecule has 0 fully saturated rings. The van der Waals surface area contributed by atoms with Crippen LogP contribution in [0.3, 0.4) is 0 Å². The third-order valence-electron chi connectivity index (χ3n) is 1.84. The Morgan fingerprint density at radius 3 is 2.12 bits per heavy atom. The van der Waals surface area contributed by atoms with Crippen molar-refractivity contribution in [2.45, 2.75) is 40.2 Å². The van der Waals surface area contributed by atoms with Crippen molar-refractivity contribution >= 4 is 11.9 Å². The first-order valence-electron chi connectivity index (χ1n) is 5.95. The summed E-state index contributed by atoms with van der Waals surface area (Å²) in [5.74, 6) is -0.676. The third kappa shape index (κ3) is 7.74. The summed E-state index contributed by atoms with van der Waals surface area (Å²) < 4.78 is 15.0. The molecular formula is C12H22O5. The van der Waals surface area contributed by atoms with Gasteiger partial charge in [-0.25, -0.2) is 4.79 Å². The van der Waals surface area contributed by atoms with E-state index in [9.17, 15) is 9.59 Å². The average molecular weight is 246 g/mol. The number of carbonyl (C=O) groups is 2. The van der Waals surface area contributed by atoms with Gasteiger partial charge in [0.2, 0.25) is 0 Å². The van der Waals surface area contributed by atoms with Crippen LogP contribution in [0.1, 0.15) is 34.1 Å². The molecule has 0 aromatic rings. The Morgan fingerprint density at radius 2 is 1.65 bits per heavy atom. The van der Waals surface area contributed by atoms with E-state index < -0.39 is 18.0 Å². The highest BCUT2D eigenvalue weighted by atomic mass is 16.6. The summed E-state index contributed by atoms with van der Waals surface area (Å²) in [7, 11) is 0. The number of hydrogen-bond acceptors (Lipinski definition) is 5. The minimum absolute atomic E-state index is 0.0978. The number of hydrogen-bond donors (Lipinski definition) is 0. The molecule has 0 spiro atoms. The summed E-state index contributed by atoms with van der Waals surface area (Å²) in [4.78, 5) is 22.8. The first-order valence-corrected chi connectivity index (χ1v) is 5.95. The standard InChI is InChI=1S/C12H22O5/c1-5-15-11(13)7-10(12(14)16-6-2)17-8-9(3)4/h9-10H,5-8H2,1-4H3. The Bertz CT molecular complexity index is 237. The molecule has 0 saturated carbocycles. The molecule has 100 valence electrons. The zero-order valence-electron chi connectivity index (χ0n) is 11.0. The number of ether oxygens (including phenoxy) is 3. The van der Waals surface area contributed by atoms with Crippen molar-refractivity contribution in [3.63, 3.8) is 0 Å². The van der Waals surface area contributed by atoms with E-state index in [1.54, 1.807) is 13.8 Å². The molecule has 0 aliphatic carbocycles. The minimum Gasteiger partial charge on any atom is -0.466 e. The van der Waals surface area contributed by atoms with E-state index in [4.69, 9.17) is 14.2 Å². The Morgan fingerprint density at radius 1 is 1.06 bits per heavy atom. The fourth-order valence-corrected chi connectivity index (χ4v) is 1.13. The molecule has 0 heterocycles. The zero-order chi connectivity index (χ0) is 13.3. The maximum absolute atomic E-state index is 11.5. The van der Waals surface area contributed by atoms with Crippen molar-refractivity contribution in [3.8, 4) is 0 Å². The Labute approximate surface area is 102 Å². The molecule has 0 aromatic carbocycles. The van der Waals surface area contributed by atoms with Gasteiger partial charge in [-0.2, -0.15) is 0 Å². The van der Waals surface area contributed by atoms with Gasteiger partial charge in [0.1, 0.15) is 0 Å². The summed E-state index contributed by atoms with van der Waals surface area (Å²) in [5.41, 5.74) is 0. The van der Waals surface area contributed by atoms with Crippen LogP contribution >= 0.6 is 0 Å². The zero-order valence-corrected chi connectivity index (χ0v) is 11.0. The molecule has 0 saturated heterocycles. The first kappa shape index (κ1) is 15.9. The topological polar surface area (TPSA) is 61.8 Å². The lowest BCUT2D eigenvalue weighted by Crippen LogP contribution is -2.31. The maximum atomic E-state index is 11.5. The van der Waals surface area contributed by atoms with Crippen LogP contribution < -0.4 is 0 Å². The third-order valence-corrected chi connectivity index (χ3v) is 1.84. The van der Waals surface area contributed by atoms with Crippen molar-refractivity contribution in [2.75, 3.05) is 19.8 Å². The van der Waals surface area contributed by atoms with Crippen LogP contribution in [0.5, 0.6) is 0 Å². The van der Waals surface area contributed by atoms with Crippen LogP contribution in [0.15, 0.2) is 0 Å². The summed E-state index contributed by atoms with van der Waals surface area (Å²) in [6, 6.07) is 0. The molecule has 17 heavy (non-hydrogen) atoms. The van der Waals surface area contributed by atoms with Gasteiger partial charge in [0.05, 0.1) is 26.2 Å². The monoisotopic (exact) mass is 246 g/mol. The van der Waals surface area contributed by atoms with Crippen molar-refractivity contribution in [1.82, 2.24) is 0 Å². The smallest absolute Gasteiger partial charge is 0.335 e. The van der Waals surface area contributed by atoms with Gasteiger partial charge in [0, 0.05) is 0 Å². The number of carbonyl (C=O) groups excluding carboxylic acids is 2. The van der Waals surface area contributed by atoms with Crippen LogP contribution in [0, 0.1) is 5.92 Å². The quantitative estimate of drug-likeness (QED) is 0.608. The molecule has 5 nitrogen and oxygen atoms in total. The van der Waals surface area contributed by atoms with Crippen LogP contribution in [0.4, 0.5) is 0 Å². The van der Waals surface area contributed by atoms with E-state index in [1.165, 1.54) is 0 Å². The fourth-order valence-electron chi connectivity index (χ4n) is 1.13. The van der Waals surface area contributed by atoms with Crippen LogP contribution in [-0.4, -0.2) is 37.9 Å². The maximum Gasteiger partial charge on any atom is 0.335 e. The molecule has 1 unspecified atom stereocenters. The van der Waals surface area contributed by atoms with E-state index in [1.807, 2.05) is 13.8 Å². The molecule has 5 heteroatoms. The van der Waals surface area contributed by atoms with E-state index >= 15 is 0 Å². The molecule has 0 aliphatic rings. The second kappa shape index (κ2) is 8.98. The Kier molecular flexibility index (Phi) is 8.40. The predicted octanol–water partition coefficient (Wildman–Crippen LogP) is 1.54. The highest BCUT2D eigenvalue weighted by molar-refractivity contribution is 5.81. The van der Waals surface area contributed by atoms with Gasteiger partial charge in [-0.05, 0) is 19.8 Å². The lowest BCUT2D eigenvalue weighted by atomic mass is 10.2. The van der Waals surface area contributed by atoms with Gasteiger partial charge in [-0.15, -0.1) is 0 Å². The highest BCUT2D eigenvalue weighted by Crippen LogP contribution is 2.06. The van der Waals surface area contributed by atoms with E-state index in [0.717, 1.165) is 0 Å². The van der Waals surface area contributed by atoms with Crippen LogP contribution in [0.2, 0.25) is 0 Å². The first-order chi connectivity index (χ1) is 8.01. The van der Waals surface area contributed by atoms with E-state index in [0.29, 0.717) is 13.2 Å². The molecule has 0 amide bonds. The van der Waals surface area contributed by atoms with Crippen molar-refractivity contribution in [3.05, 3.63) is 0 Å². The second-order valence-electron chi connectivity index (χ2n) is 3.98. The average Bonchev–Trinajstić information content (AvgIpc) is 2.24. The second-order valence-corrected chi connectivity index (χ2v) is 3.98. The molecule has 0 rings (SSSR count). The summed E-state index contributed by atoms with van der Waals surface area (Å²) in [6.45, 7) is 8.32. The molecule has 0 radical (unpaired) electrons. The van der Waals surface area contributed by atoms with Crippen molar-refractivity contribution < 1.29 is 23.8 Å². The van der Waals surface area contributed by atoms with Gasteiger partial charge in [0.15, 0.2) is 6.10 Å². The van der Waals surface area contributed by atoms with Crippen molar-refractivity contribution in [1.29, 1.82) is 0 Å². The molecule has 0 N–H and O–H groups in total. The normalized spacial score (nSPS) is 12.3. The van der Waals surface area contributed by atoms with E-state index in [-0.39, 0.29) is 18.9 Å². The number of esters is 2. The van der Waals surface area contributed by atoms with Crippen LogP contribution in [0.25, 0.3) is 0 Å². The molecular weight excluding hydrogens is 224 g/mol. The predicted molar refractivity (Wildman–Crippen MR) is 62.5 cm³/mol. The van der Waals surface area contributed by atoms with Gasteiger partial charge in [-0.3, -0.25) is 4.79 Å². The number of rotatable bonds is 8. The van der Waals surface area contributed by atoms with Gasteiger partial charge in [-0.1, -0.05) is 13.8 Å². The molecule has 1 atom stereocenters. The van der Waals surface area contributed by atoms with Crippen LogP contribution in [-0.2, 0) is 23.8 Å². The minimum atomic E-state index is -0.864. The SMILES string of the molecule is CCOC(=O)CC(OCC(C)C)C(=O)OCC. The Hall–Kier alpha value is -1.10. The van der Waals surface area contributed by atoms with E-state index in [2.05, 4.69) is 0 Å². The largest absolute Gasteiger partial charge is 0.466 e. The summed E-state index contributed by atoms with van der Waals surface area (Å²) >= 11 is 0. The molecule has 0 bridgehead atoms. The van der Waals surface area contributed by atoms with Gasteiger partial charge in [0.25, 0.3) is 0 Å². The lowest BCUT2D eigenvalue weighted by molar-refractivity contribution is -0.164. The summed E-state index contributed by atoms with van der Waals surface area (Å²) in [5, 5.41) is 0. The summed E-state index contributed by atoms with van der Waals surface area (Å²) in [6.07, 6.45) is -0.962. The fraction of sp³-hybridized carbons (Fsp3) is 0.833.